The number of nitrogen functional groups attached to an aromatic ring is 1. The summed E-state index contributed by atoms with van der Waals surface area (Å²) in [7, 11) is 0. The second-order valence-corrected chi connectivity index (χ2v) is 8.14. The Morgan fingerprint density at radius 3 is 2.41 bits per heavy atom. The topological polar surface area (TPSA) is 111 Å². The Kier molecular flexibility index (Phi) is 6.28. The molecule has 0 atom stereocenters. The van der Waals surface area contributed by atoms with Crippen molar-refractivity contribution in [1.82, 2.24) is 4.98 Å². The van der Waals surface area contributed by atoms with Gasteiger partial charge in [0.15, 0.2) is 0 Å². The summed E-state index contributed by atoms with van der Waals surface area (Å²) in [6, 6.07) is 20.0. The fourth-order valence-electron chi connectivity index (χ4n) is 3.32. The molecule has 6 nitrogen and oxygen atoms in total. The summed E-state index contributed by atoms with van der Waals surface area (Å²) >= 11 is 1.62. The molecule has 7 heteroatoms. The van der Waals surface area contributed by atoms with Crippen LogP contribution in [0.2, 0.25) is 0 Å². The molecule has 0 aliphatic carbocycles. The molecule has 32 heavy (non-hydrogen) atoms. The van der Waals surface area contributed by atoms with Crippen LogP contribution in [0.1, 0.15) is 21.5 Å². The third kappa shape index (κ3) is 4.84. The summed E-state index contributed by atoms with van der Waals surface area (Å²) in [5, 5.41) is 4.87. The highest BCUT2D eigenvalue weighted by molar-refractivity contribution is 7.13. The van der Waals surface area contributed by atoms with E-state index in [1.54, 1.807) is 60.1 Å². The lowest BCUT2D eigenvalue weighted by Gasteiger charge is -2.14. The number of aromatic nitrogens is 1. The van der Waals surface area contributed by atoms with Gasteiger partial charge in [-0.05, 0) is 64.9 Å². The number of carbonyl (C=O) groups excluding carboxylic acids is 2. The van der Waals surface area contributed by atoms with E-state index in [1.165, 1.54) is 0 Å². The Morgan fingerprint density at radius 1 is 0.969 bits per heavy atom. The van der Waals surface area contributed by atoms with Crippen molar-refractivity contribution < 1.29 is 9.59 Å². The molecular weight excluding hydrogens is 420 g/mol. The Morgan fingerprint density at radius 2 is 1.75 bits per heavy atom. The largest absolute Gasteiger partial charge is 0.397 e. The molecule has 0 unspecified atom stereocenters. The third-order valence-electron chi connectivity index (χ3n) is 5.00. The predicted molar refractivity (Wildman–Crippen MR) is 128 cm³/mol. The highest BCUT2D eigenvalue weighted by Gasteiger charge is 2.20. The molecule has 2 aromatic carbocycles. The van der Waals surface area contributed by atoms with E-state index in [9.17, 15) is 9.59 Å². The highest BCUT2D eigenvalue weighted by atomic mass is 32.1. The minimum Gasteiger partial charge on any atom is -0.397 e. The maximum Gasteiger partial charge on any atom is 0.255 e. The number of hydrogen-bond donors (Lipinski definition) is 3. The van der Waals surface area contributed by atoms with E-state index in [1.807, 2.05) is 35.7 Å². The van der Waals surface area contributed by atoms with Crippen LogP contribution in [0.4, 0.5) is 11.4 Å². The molecule has 0 saturated heterocycles. The van der Waals surface area contributed by atoms with Gasteiger partial charge in [0.1, 0.15) is 0 Å². The number of hydrogen-bond acceptors (Lipinski definition) is 5. The van der Waals surface area contributed by atoms with E-state index in [2.05, 4.69) is 10.3 Å². The Labute approximate surface area is 189 Å². The summed E-state index contributed by atoms with van der Waals surface area (Å²) in [4.78, 5) is 30.0. The summed E-state index contributed by atoms with van der Waals surface area (Å²) in [6.45, 7) is 0. The van der Waals surface area contributed by atoms with Crippen LogP contribution in [0.15, 0.2) is 84.5 Å². The summed E-state index contributed by atoms with van der Waals surface area (Å²) in [5.74, 6) is -0.346. The number of pyridine rings is 1. The molecule has 0 aliphatic heterocycles. The Balaban J connectivity index is 1.51. The molecule has 0 aliphatic rings. The standard InChI is InChI=1S/C25H21N4O2S/c26-21-10-9-19(23-4-2-12-32-23)14-22(21)29-25(31)18-7-5-17(6-8-18)20(24(27)30)13-16-3-1-11-28-15-16/h1-12,14-15H,13,26H2,(H2,27,30)(H,29,31). The molecule has 0 fully saturated rings. The molecule has 0 bridgehead atoms. The van der Waals surface area contributed by atoms with Crippen LogP contribution >= 0.6 is 11.3 Å². The number of primary amides is 1. The van der Waals surface area contributed by atoms with Crippen molar-refractivity contribution >= 4 is 34.5 Å². The molecule has 1 radical (unpaired) electrons. The molecule has 4 aromatic rings. The van der Waals surface area contributed by atoms with Gasteiger partial charge in [-0.3, -0.25) is 14.6 Å². The highest BCUT2D eigenvalue weighted by Crippen LogP contribution is 2.30. The lowest BCUT2D eigenvalue weighted by molar-refractivity contribution is -0.116. The van der Waals surface area contributed by atoms with E-state index >= 15 is 0 Å². The first-order valence-corrected chi connectivity index (χ1v) is 10.8. The summed E-state index contributed by atoms with van der Waals surface area (Å²) < 4.78 is 0. The van der Waals surface area contributed by atoms with Crippen LogP contribution in [0, 0.1) is 5.92 Å². The zero-order valence-electron chi connectivity index (χ0n) is 17.1. The van der Waals surface area contributed by atoms with Crippen molar-refractivity contribution in [2.24, 2.45) is 5.73 Å². The first-order chi connectivity index (χ1) is 15.5. The number of amides is 2. The number of nitrogens with zero attached hydrogens (tertiary/aromatic N) is 1. The number of benzene rings is 2. The number of thiophene rings is 1. The van der Waals surface area contributed by atoms with Gasteiger partial charge in [-0.2, -0.15) is 0 Å². The molecule has 0 spiro atoms. The second-order valence-electron chi connectivity index (χ2n) is 7.19. The zero-order chi connectivity index (χ0) is 22.5. The quantitative estimate of drug-likeness (QED) is 0.371. The molecule has 159 valence electrons. The average Bonchev–Trinajstić information content (AvgIpc) is 3.34. The van der Waals surface area contributed by atoms with Gasteiger partial charge in [0.25, 0.3) is 5.91 Å². The number of anilines is 2. The number of nitrogens with two attached hydrogens (primary N) is 2. The predicted octanol–water partition coefficient (Wildman–Crippen LogP) is 4.30. The molecule has 4 rings (SSSR count). The lowest BCUT2D eigenvalue weighted by Crippen LogP contribution is -2.24. The van der Waals surface area contributed by atoms with Crippen molar-refractivity contribution in [3.8, 4) is 10.4 Å². The Bertz CT molecular complexity index is 1220. The van der Waals surface area contributed by atoms with Gasteiger partial charge in [0.05, 0.1) is 17.3 Å². The van der Waals surface area contributed by atoms with Crippen LogP contribution in [-0.2, 0) is 11.2 Å². The van der Waals surface area contributed by atoms with Gasteiger partial charge in [0, 0.05) is 22.8 Å². The lowest BCUT2D eigenvalue weighted by atomic mass is 9.91. The number of nitrogens with one attached hydrogen (secondary N) is 1. The number of rotatable bonds is 7. The van der Waals surface area contributed by atoms with Gasteiger partial charge >= 0.3 is 0 Å². The van der Waals surface area contributed by atoms with Gasteiger partial charge in [-0.25, -0.2) is 0 Å². The smallest absolute Gasteiger partial charge is 0.255 e. The van der Waals surface area contributed by atoms with E-state index in [-0.39, 0.29) is 5.91 Å². The monoisotopic (exact) mass is 441 g/mol. The molecule has 2 aromatic heterocycles. The van der Waals surface area contributed by atoms with Crippen molar-refractivity contribution in [3.63, 3.8) is 0 Å². The van der Waals surface area contributed by atoms with Crippen molar-refractivity contribution in [2.45, 2.75) is 6.42 Å². The minimum absolute atomic E-state index is 0.292. The maximum absolute atomic E-state index is 12.8. The molecule has 5 N–H and O–H groups in total. The van der Waals surface area contributed by atoms with E-state index in [0.29, 0.717) is 34.8 Å². The van der Waals surface area contributed by atoms with Gasteiger partial charge in [-0.15, -0.1) is 11.3 Å². The normalized spacial score (nSPS) is 10.8. The maximum atomic E-state index is 12.8. The third-order valence-corrected chi connectivity index (χ3v) is 5.92. The van der Waals surface area contributed by atoms with Crippen LogP contribution in [0.25, 0.3) is 10.4 Å². The summed E-state index contributed by atoms with van der Waals surface area (Å²) in [5.41, 5.74) is 15.7. The van der Waals surface area contributed by atoms with E-state index in [0.717, 1.165) is 16.0 Å². The van der Waals surface area contributed by atoms with E-state index in [4.69, 9.17) is 11.5 Å². The van der Waals surface area contributed by atoms with Crippen LogP contribution in [0.5, 0.6) is 0 Å². The first-order valence-electron chi connectivity index (χ1n) is 9.91. The molecular formula is C25H21N4O2S. The average molecular weight is 442 g/mol. The molecule has 2 heterocycles. The van der Waals surface area contributed by atoms with Crippen LogP contribution in [0.3, 0.4) is 0 Å². The SMILES string of the molecule is NC(=O)[C](Cc1cccnc1)c1ccc(C(=O)Nc2cc(-c3cccs3)ccc2N)cc1. The van der Waals surface area contributed by atoms with Crippen molar-refractivity contribution in [1.29, 1.82) is 0 Å². The van der Waals surface area contributed by atoms with Crippen LogP contribution in [-0.4, -0.2) is 16.8 Å². The van der Waals surface area contributed by atoms with Gasteiger partial charge in [-0.1, -0.05) is 30.3 Å². The number of carbonyl (C=O) groups is 2. The second kappa shape index (κ2) is 9.45. The summed E-state index contributed by atoms with van der Waals surface area (Å²) in [6.07, 6.45) is 3.73. The minimum atomic E-state index is -0.510. The molecule has 0 saturated carbocycles. The fourth-order valence-corrected chi connectivity index (χ4v) is 4.04. The van der Waals surface area contributed by atoms with Gasteiger partial charge in [0.2, 0.25) is 5.91 Å². The van der Waals surface area contributed by atoms with Gasteiger partial charge < -0.3 is 16.8 Å². The molecule has 2 amide bonds. The zero-order valence-corrected chi connectivity index (χ0v) is 17.9. The van der Waals surface area contributed by atoms with Crippen molar-refractivity contribution in [3.05, 3.63) is 107 Å². The fraction of sp³-hybridized carbons (Fsp3) is 0.0400. The first kappa shape index (κ1) is 21.3. The van der Waals surface area contributed by atoms with E-state index < -0.39 is 5.91 Å². The van der Waals surface area contributed by atoms with Crippen LogP contribution < -0.4 is 16.8 Å². The Hall–Kier alpha value is -3.97. The van der Waals surface area contributed by atoms with Crippen molar-refractivity contribution in [2.75, 3.05) is 11.1 Å².